The Morgan fingerprint density at radius 3 is 1.73 bits per heavy atom. The molecule has 4 nitrogen and oxygen atoms in total. The Morgan fingerprint density at radius 2 is 1.55 bits per heavy atom. The Labute approximate surface area is 70.3 Å². The van der Waals surface area contributed by atoms with Crippen molar-refractivity contribution < 1.29 is 21.8 Å². The molecule has 70 valence electrons. The van der Waals surface area contributed by atoms with E-state index in [9.17, 15) is 0 Å². The predicted molar refractivity (Wildman–Crippen MR) is 44.6 cm³/mol. The smallest absolute Gasteiger partial charge is 0.348 e. The van der Waals surface area contributed by atoms with Gasteiger partial charge in [0.05, 0.1) is 34.4 Å². The van der Waals surface area contributed by atoms with Crippen LogP contribution in [0.5, 0.6) is 0 Å². The fraction of sp³-hybridized carbons (Fsp3) is 1.00. The molecule has 5 N–H and O–H groups in total. The summed E-state index contributed by atoms with van der Waals surface area (Å²) in [4.78, 5) is -0.0625. The van der Waals surface area contributed by atoms with Crippen LogP contribution in [0.1, 0.15) is 0 Å². The van der Waals surface area contributed by atoms with Crippen molar-refractivity contribution in [2.24, 2.45) is 0 Å². The highest BCUT2D eigenvalue weighted by atomic mass is 16.3. The van der Waals surface area contributed by atoms with Crippen LogP contribution in [0.25, 0.3) is 0 Å². The number of hydrogen-bond acceptors (Lipinski definition) is 2. The van der Waals surface area contributed by atoms with Crippen LogP contribution in [0.15, 0.2) is 0 Å². The molecule has 0 spiro atoms. The maximum absolute atomic E-state index is 8.41. The molecular formula is C7H22N2O2+2. The van der Waals surface area contributed by atoms with Crippen molar-refractivity contribution in [3.8, 4) is 0 Å². The number of hydrogen-bond donors (Lipinski definition) is 4. The van der Waals surface area contributed by atoms with Crippen molar-refractivity contribution in [3.63, 3.8) is 0 Å². The largest absolute Gasteiger partial charge is 0.391 e. The molecule has 0 aliphatic rings. The maximum Gasteiger partial charge on any atom is 0.348 e. The zero-order valence-electron chi connectivity index (χ0n) is 8.75. The fourth-order valence-electron chi connectivity index (χ4n) is 0.453. The number of aliphatic hydroxyl groups excluding tert-OH is 2. The Kier molecular flexibility index (Phi) is 12.3. The first-order valence-corrected chi connectivity index (χ1v) is 3.87. The summed E-state index contributed by atoms with van der Waals surface area (Å²) in [6.45, 7) is 0.751. The third kappa shape index (κ3) is 17.7. The molecule has 0 amide bonds. The Bertz CT molecular complexity index is 83.5. The maximum atomic E-state index is 8.41. The molecule has 0 fully saturated rings. The van der Waals surface area contributed by atoms with Crippen molar-refractivity contribution in [2.45, 2.75) is 0 Å². The van der Waals surface area contributed by atoms with E-state index in [0.717, 1.165) is 0 Å². The second-order valence-electron chi connectivity index (χ2n) is 2.33. The van der Waals surface area contributed by atoms with Crippen molar-refractivity contribution >= 4 is 0 Å². The lowest BCUT2D eigenvalue weighted by Gasteiger charge is -2.08. The quantitative estimate of drug-likeness (QED) is 0.349. The first-order chi connectivity index (χ1) is 5.54. The lowest BCUT2D eigenvalue weighted by atomic mass is 10.5. The van der Waals surface area contributed by atoms with E-state index >= 15 is 0 Å². The standard InChI is InChI=1S/C5H13NO2.C2H7N/c1-6(2-4-7)3-5-8;1-3-2/h7-8H,2-5H2,1H3;3H,1-2H3/p+2/i/hT. The number of quaternary nitrogens is 2. The monoisotopic (exact) mass is 168 g/mol. The van der Waals surface area contributed by atoms with E-state index < -0.39 is 0 Å². The summed E-state index contributed by atoms with van der Waals surface area (Å²) in [5.74, 6) is 0. The summed E-state index contributed by atoms with van der Waals surface area (Å²) >= 11 is 0. The van der Waals surface area contributed by atoms with Gasteiger partial charge in [-0.1, -0.05) is 0 Å². The topological polar surface area (TPSA) is 61.5 Å². The molecule has 0 radical (unpaired) electrons. The van der Waals surface area contributed by atoms with Gasteiger partial charge in [0.2, 0.25) is 0 Å². The SMILES string of the molecule is C[NH2+]C.[3H][N+](C)(CCO)CCO. The first-order valence-electron chi connectivity index (χ1n) is 4.31. The van der Waals surface area contributed by atoms with E-state index in [2.05, 4.69) is 0 Å². The molecule has 0 bridgehead atoms. The van der Waals surface area contributed by atoms with Gasteiger partial charge in [-0.3, -0.25) is 0 Å². The molecule has 0 rings (SSSR count). The third-order valence-electron chi connectivity index (χ3n) is 0.963. The van der Waals surface area contributed by atoms with Crippen LogP contribution in [0.2, 0.25) is 1.41 Å². The van der Waals surface area contributed by atoms with Crippen molar-refractivity contribution in [2.75, 3.05) is 47.4 Å². The minimum Gasteiger partial charge on any atom is -0.391 e. The van der Waals surface area contributed by atoms with Crippen LogP contribution >= 0.6 is 0 Å². The summed E-state index contributed by atoms with van der Waals surface area (Å²) in [5.41, 5.74) is 0. The molecule has 0 atom stereocenters. The molecule has 0 aromatic rings. The highest BCUT2D eigenvalue weighted by Gasteiger charge is 1.95. The molecule has 0 saturated carbocycles. The highest BCUT2D eigenvalue weighted by Crippen LogP contribution is 1.45. The van der Waals surface area contributed by atoms with Gasteiger partial charge in [0.1, 0.15) is 13.1 Å². The molecule has 0 aliphatic heterocycles. The minimum absolute atomic E-state index is 0. The Morgan fingerprint density at radius 1 is 1.27 bits per heavy atom. The lowest BCUT2D eigenvalue weighted by molar-refractivity contribution is -0.880. The van der Waals surface area contributed by atoms with Crippen molar-refractivity contribution in [3.05, 3.63) is 0 Å². The Hall–Kier alpha value is -0.160. The van der Waals surface area contributed by atoms with Gasteiger partial charge in [-0.05, 0) is 0 Å². The van der Waals surface area contributed by atoms with Crippen LogP contribution < -0.4 is 10.2 Å². The highest BCUT2D eigenvalue weighted by molar-refractivity contribution is 4.20. The second kappa shape index (κ2) is 12.5. The van der Waals surface area contributed by atoms with Gasteiger partial charge in [-0.2, -0.15) is 0 Å². The van der Waals surface area contributed by atoms with Gasteiger partial charge >= 0.3 is 1.41 Å². The fourth-order valence-corrected chi connectivity index (χ4v) is 0.453. The lowest BCUT2D eigenvalue weighted by Crippen LogP contribution is -3.10. The van der Waals surface area contributed by atoms with Gasteiger partial charge in [0, 0.05) is 0 Å². The third-order valence-corrected chi connectivity index (χ3v) is 0.963. The number of likely N-dealkylation sites (N-methyl/N-ethyl adjacent to an activating group) is 1. The molecule has 0 aromatic carbocycles. The van der Waals surface area contributed by atoms with E-state index in [4.69, 9.17) is 11.6 Å². The summed E-state index contributed by atoms with van der Waals surface area (Å²) in [6, 6.07) is 0. The van der Waals surface area contributed by atoms with Gasteiger partial charge in [0.15, 0.2) is 0 Å². The van der Waals surface area contributed by atoms with Crippen molar-refractivity contribution in [1.29, 1.82) is 0 Å². The normalized spacial score (nSPS) is 11.5. The van der Waals surface area contributed by atoms with Crippen molar-refractivity contribution in [1.82, 2.24) is 0 Å². The molecule has 0 aliphatic carbocycles. The molecule has 0 heterocycles. The summed E-state index contributed by atoms with van der Waals surface area (Å²) < 4.78 is 7.34. The van der Waals surface area contributed by atoms with E-state index in [-0.39, 0.29) is 18.1 Å². The van der Waals surface area contributed by atoms with Gasteiger partial charge in [-0.25, -0.2) is 0 Å². The van der Waals surface area contributed by atoms with Crippen LogP contribution in [0.3, 0.4) is 0 Å². The van der Waals surface area contributed by atoms with Crippen LogP contribution in [0.4, 0.5) is 0 Å². The van der Waals surface area contributed by atoms with Crippen LogP contribution in [0, 0.1) is 0 Å². The average molecular weight is 168 g/mol. The van der Waals surface area contributed by atoms with Gasteiger partial charge in [-0.15, -0.1) is 0 Å². The van der Waals surface area contributed by atoms with Crippen LogP contribution in [-0.4, -0.2) is 57.7 Å². The van der Waals surface area contributed by atoms with E-state index in [1.807, 2.05) is 19.4 Å². The second-order valence-corrected chi connectivity index (χ2v) is 2.33. The summed E-state index contributed by atoms with van der Waals surface area (Å²) in [5, 5.41) is 18.8. The molecule has 0 unspecified atom stereocenters. The minimum atomic E-state index is -0.0625. The molecular weight excluding hydrogens is 144 g/mol. The average Bonchev–Trinajstić information content (AvgIpc) is 1.88. The zero-order chi connectivity index (χ0) is 10.0. The molecule has 0 saturated heterocycles. The first kappa shape index (κ1) is 10.8. The number of nitrogens with two attached hydrogens (primary N) is 1. The molecule has 0 aromatic heterocycles. The van der Waals surface area contributed by atoms with E-state index in [1.165, 1.54) is 0 Å². The van der Waals surface area contributed by atoms with E-state index in [0.29, 0.717) is 13.1 Å². The summed E-state index contributed by atoms with van der Waals surface area (Å²) in [6.07, 6.45) is 0. The Balaban J connectivity index is 0. The number of nitrogens with one attached hydrogen (secondary N) is 1. The van der Waals surface area contributed by atoms with Gasteiger partial charge < -0.3 is 20.4 Å². The number of aliphatic hydroxyl groups is 2. The molecule has 4 heteroatoms. The number of rotatable bonds is 4. The molecule has 11 heavy (non-hydrogen) atoms. The van der Waals surface area contributed by atoms with E-state index in [1.54, 1.807) is 7.05 Å². The van der Waals surface area contributed by atoms with Crippen LogP contribution in [-0.2, 0) is 0 Å². The van der Waals surface area contributed by atoms with Gasteiger partial charge in [0.25, 0.3) is 0 Å². The zero-order valence-corrected chi connectivity index (χ0v) is 7.75. The summed E-state index contributed by atoms with van der Waals surface area (Å²) in [7, 11) is 5.65. The predicted octanol–water partition coefficient (Wildman–Crippen LogP) is -3.70.